The third kappa shape index (κ3) is 3.56. The zero-order valence-corrected chi connectivity index (χ0v) is 14.4. The fourth-order valence-electron chi connectivity index (χ4n) is 3.99. The smallest absolute Gasteiger partial charge is 0.159 e. The number of Topliss-reactive ketones (excluding diaryl/α,β-unsaturated/α-hetero) is 1. The molecule has 2 aliphatic rings. The molecule has 0 aromatic rings. The number of hydrogen-bond donors (Lipinski definition) is 0. The van der Waals surface area contributed by atoms with Crippen LogP contribution in [0.1, 0.15) is 73.1 Å². The fourth-order valence-corrected chi connectivity index (χ4v) is 3.99. The quantitative estimate of drug-likeness (QED) is 0.408. The van der Waals surface area contributed by atoms with Crippen molar-refractivity contribution in [1.82, 2.24) is 0 Å². The number of fused-ring (bicyclic) bond motifs is 1. The predicted octanol–water partition coefficient (Wildman–Crippen LogP) is 5.77. The van der Waals surface area contributed by atoms with Crippen molar-refractivity contribution < 1.29 is 4.79 Å². The first-order chi connectivity index (χ1) is 9.83. The van der Waals surface area contributed by atoms with Gasteiger partial charge in [0.1, 0.15) is 0 Å². The molecule has 0 amide bonds. The van der Waals surface area contributed by atoms with Crippen LogP contribution in [-0.2, 0) is 4.79 Å². The molecule has 0 aromatic carbocycles. The van der Waals surface area contributed by atoms with Crippen LogP contribution in [0, 0.1) is 11.3 Å². The van der Waals surface area contributed by atoms with Crippen molar-refractivity contribution in [2.75, 3.05) is 0 Å². The van der Waals surface area contributed by atoms with Crippen molar-refractivity contribution in [2.45, 2.75) is 73.1 Å². The van der Waals surface area contributed by atoms with Gasteiger partial charge in [0.25, 0.3) is 0 Å². The van der Waals surface area contributed by atoms with E-state index in [9.17, 15) is 4.79 Å². The molecule has 1 saturated carbocycles. The van der Waals surface area contributed by atoms with Crippen LogP contribution in [0.25, 0.3) is 0 Å². The van der Waals surface area contributed by atoms with Crippen molar-refractivity contribution in [3.8, 4) is 0 Å². The maximum Gasteiger partial charge on any atom is 0.159 e. The first kappa shape index (κ1) is 16.3. The standard InChI is InChI=1S/C20H30O/c1-14(2)19-17-10-9-15(3)7-6-8-16(4)11-12-20(17,5)13-18(19)21/h7,11,17H,6,8-10,12-13H2,1-5H3/t17-,20-/m0/s1. The summed E-state index contributed by atoms with van der Waals surface area (Å²) in [7, 11) is 0. The second-order valence-corrected chi connectivity index (χ2v) is 7.60. The molecule has 2 rings (SSSR count). The summed E-state index contributed by atoms with van der Waals surface area (Å²) in [4.78, 5) is 12.5. The largest absolute Gasteiger partial charge is 0.295 e. The molecule has 0 N–H and O–H groups in total. The Hall–Kier alpha value is -1.11. The maximum absolute atomic E-state index is 12.5. The van der Waals surface area contributed by atoms with Crippen molar-refractivity contribution in [2.24, 2.45) is 11.3 Å². The number of carbonyl (C=O) groups excluding carboxylic acids is 1. The Morgan fingerprint density at radius 3 is 2.48 bits per heavy atom. The highest BCUT2D eigenvalue weighted by molar-refractivity contribution is 5.99. The molecule has 2 atom stereocenters. The first-order valence-electron chi connectivity index (χ1n) is 8.35. The minimum absolute atomic E-state index is 0.121. The van der Waals surface area contributed by atoms with E-state index in [-0.39, 0.29) is 5.41 Å². The summed E-state index contributed by atoms with van der Waals surface area (Å²) in [6.45, 7) is 11.0. The molecule has 1 fully saturated rings. The van der Waals surface area contributed by atoms with Crippen LogP contribution in [0.2, 0.25) is 0 Å². The monoisotopic (exact) mass is 286 g/mol. The number of hydrogen-bond acceptors (Lipinski definition) is 1. The highest BCUT2D eigenvalue weighted by Gasteiger charge is 2.46. The van der Waals surface area contributed by atoms with E-state index in [2.05, 4.69) is 46.8 Å². The van der Waals surface area contributed by atoms with E-state index < -0.39 is 0 Å². The highest BCUT2D eigenvalue weighted by Crippen LogP contribution is 2.51. The van der Waals surface area contributed by atoms with Gasteiger partial charge in [0.2, 0.25) is 0 Å². The Bertz CT molecular complexity index is 514. The molecule has 0 saturated heterocycles. The third-order valence-electron chi connectivity index (χ3n) is 5.37. The van der Waals surface area contributed by atoms with Crippen LogP contribution < -0.4 is 0 Å². The minimum Gasteiger partial charge on any atom is -0.295 e. The van der Waals surface area contributed by atoms with Gasteiger partial charge in [0.05, 0.1) is 0 Å². The fraction of sp³-hybridized carbons (Fsp3) is 0.650. The van der Waals surface area contributed by atoms with Gasteiger partial charge in [0.15, 0.2) is 5.78 Å². The molecule has 0 unspecified atom stereocenters. The predicted molar refractivity (Wildman–Crippen MR) is 90.2 cm³/mol. The van der Waals surface area contributed by atoms with Gasteiger partial charge >= 0.3 is 0 Å². The van der Waals surface area contributed by atoms with Gasteiger partial charge in [-0.1, -0.05) is 35.8 Å². The van der Waals surface area contributed by atoms with E-state index >= 15 is 0 Å². The van der Waals surface area contributed by atoms with Crippen LogP contribution in [0.3, 0.4) is 0 Å². The molecule has 0 bridgehead atoms. The van der Waals surface area contributed by atoms with Crippen molar-refractivity contribution in [1.29, 1.82) is 0 Å². The highest BCUT2D eigenvalue weighted by atomic mass is 16.1. The van der Waals surface area contributed by atoms with E-state index in [4.69, 9.17) is 0 Å². The number of carbonyl (C=O) groups is 1. The van der Waals surface area contributed by atoms with Crippen molar-refractivity contribution >= 4 is 5.78 Å². The number of rotatable bonds is 0. The lowest BCUT2D eigenvalue weighted by Gasteiger charge is -2.31. The zero-order valence-electron chi connectivity index (χ0n) is 14.4. The molecule has 0 aromatic heterocycles. The van der Waals surface area contributed by atoms with E-state index in [0.717, 1.165) is 44.1 Å². The molecule has 1 heteroatoms. The molecule has 0 radical (unpaired) electrons. The number of ketones is 1. The molecular weight excluding hydrogens is 256 g/mol. The van der Waals surface area contributed by atoms with Gasteiger partial charge in [-0.05, 0) is 76.7 Å². The summed E-state index contributed by atoms with van der Waals surface area (Å²) in [6, 6.07) is 0. The molecule has 2 aliphatic carbocycles. The van der Waals surface area contributed by atoms with Crippen LogP contribution >= 0.6 is 0 Å². The van der Waals surface area contributed by atoms with Gasteiger partial charge in [-0.2, -0.15) is 0 Å². The molecule has 116 valence electrons. The zero-order chi connectivity index (χ0) is 15.6. The second kappa shape index (κ2) is 6.34. The normalized spacial score (nSPS) is 31.2. The maximum atomic E-state index is 12.5. The number of allylic oxidation sites excluding steroid dienone is 6. The van der Waals surface area contributed by atoms with Gasteiger partial charge in [-0.25, -0.2) is 0 Å². The Labute approximate surface area is 130 Å². The van der Waals surface area contributed by atoms with E-state index in [0.29, 0.717) is 11.7 Å². The average molecular weight is 286 g/mol. The summed E-state index contributed by atoms with van der Waals surface area (Å²) < 4.78 is 0. The first-order valence-corrected chi connectivity index (χ1v) is 8.35. The summed E-state index contributed by atoms with van der Waals surface area (Å²) in [5.41, 5.74) is 5.44. The van der Waals surface area contributed by atoms with Crippen molar-refractivity contribution in [3.63, 3.8) is 0 Å². The molecule has 0 spiro atoms. The van der Waals surface area contributed by atoms with Crippen LogP contribution in [0.15, 0.2) is 34.4 Å². The van der Waals surface area contributed by atoms with Gasteiger partial charge < -0.3 is 0 Å². The second-order valence-electron chi connectivity index (χ2n) is 7.60. The summed E-state index contributed by atoms with van der Waals surface area (Å²) in [5, 5.41) is 0. The Kier molecular flexibility index (Phi) is 4.91. The lowest BCUT2D eigenvalue weighted by Crippen LogP contribution is -2.22. The average Bonchev–Trinajstić information content (AvgIpc) is 2.64. The molecular formula is C20H30O. The topological polar surface area (TPSA) is 17.1 Å². The van der Waals surface area contributed by atoms with Crippen LogP contribution in [0.5, 0.6) is 0 Å². The van der Waals surface area contributed by atoms with Gasteiger partial charge in [0, 0.05) is 6.42 Å². The summed E-state index contributed by atoms with van der Waals surface area (Å²) in [5.74, 6) is 0.827. The molecule has 0 aliphatic heterocycles. The lowest BCUT2D eigenvalue weighted by molar-refractivity contribution is -0.115. The summed E-state index contributed by atoms with van der Waals surface area (Å²) >= 11 is 0. The van der Waals surface area contributed by atoms with E-state index in [1.54, 1.807) is 0 Å². The Morgan fingerprint density at radius 1 is 1.14 bits per heavy atom. The Morgan fingerprint density at radius 2 is 1.81 bits per heavy atom. The molecule has 21 heavy (non-hydrogen) atoms. The lowest BCUT2D eigenvalue weighted by atomic mass is 9.72. The van der Waals surface area contributed by atoms with Crippen LogP contribution in [0.4, 0.5) is 0 Å². The SMILES string of the molecule is CC1=CC[C@@]2(C)CC(=O)C(=C(C)C)[C@@H]2CCC(C)=CCC1. The third-order valence-corrected chi connectivity index (χ3v) is 5.37. The Balaban J connectivity index is 2.40. The van der Waals surface area contributed by atoms with Gasteiger partial charge in [-0.3, -0.25) is 4.79 Å². The molecule has 1 nitrogen and oxygen atoms in total. The van der Waals surface area contributed by atoms with Crippen molar-refractivity contribution in [3.05, 3.63) is 34.4 Å². The van der Waals surface area contributed by atoms with E-state index in [1.165, 1.54) is 16.7 Å². The van der Waals surface area contributed by atoms with Gasteiger partial charge in [-0.15, -0.1) is 0 Å². The van der Waals surface area contributed by atoms with E-state index in [1.807, 2.05) is 0 Å². The molecule has 0 heterocycles. The van der Waals surface area contributed by atoms with Crippen LogP contribution in [-0.4, -0.2) is 5.78 Å². The summed E-state index contributed by atoms with van der Waals surface area (Å²) in [6.07, 6.45) is 11.1. The minimum atomic E-state index is 0.121.